The molecule has 0 spiro atoms. The van der Waals surface area contributed by atoms with Crippen LogP contribution in [0.15, 0.2) is 54.7 Å². The molecule has 3 rings (SSSR count). The maximum Gasteiger partial charge on any atom is 0.144 e. The number of ketones is 1. The maximum atomic E-state index is 12.6. The first kappa shape index (κ1) is 15.3. The van der Waals surface area contributed by atoms with E-state index in [1.807, 2.05) is 50.4 Å². The van der Waals surface area contributed by atoms with Gasteiger partial charge in [-0.05, 0) is 43.2 Å². The number of methoxy groups -OCH3 is 1. The minimum Gasteiger partial charge on any atom is -0.497 e. The molecule has 0 aliphatic carbocycles. The fourth-order valence-corrected chi connectivity index (χ4v) is 3.21. The Morgan fingerprint density at radius 1 is 1.09 bits per heavy atom. The number of carbonyl (C=O) groups is 1. The Bertz CT molecular complexity index is 861. The average Bonchev–Trinajstić information content (AvgIpc) is 2.92. The summed E-state index contributed by atoms with van der Waals surface area (Å²) in [6, 6.07) is 15.9. The Morgan fingerprint density at radius 3 is 2.35 bits per heavy atom. The Labute approximate surface area is 136 Å². The van der Waals surface area contributed by atoms with Gasteiger partial charge < -0.3 is 9.30 Å². The number of para-hydroxylation sites is 1. The van der Waals surface area contributed by atoms with Crippen LogP contribution in [-0.2, 0) is 17.3 Å². The highest BCUT2D eigenvalue weighted by Crippen LogP contribution is 2.38. The quantitative estimate of drug-likeness (QED) is 0.727. The van der Waals surface area contributed by atoms with E-state index in [1.165, 1.54) is 0 Å². The van der Waals surface area contributed by atoms with Gasteiger partial charge in [0.25, 0.3) is 0 Å². The van der Waals surface area contributed by atoms with Crippen LogP contribution in [0.25, 0.3) is 10.9 Å². The molecule has 0 saturated carbocycles. The van der Waals surface area contributed by atoms with E-state index in [9.17, 15) is 4.79 Å². The molecule has 1 heterocycles. The Morgan fingerprint density at radius 2 is 1.74 bits per heavy atom. The summed E-state index contributed by atoms with van der Waals surface area (Å²) < 4.78 is 7.31. The van der Waals surface area contributed by atoms with E-state index in [1.54, 1.807) is 14.0 Å². The summed E-state index contributed by atoms with van der Waals surface area (Å²) in [4.78, 5) is 12.6. The fraction of sp³-hybridized carbons (Fsp3) is 0.250. The molecule has 1 aromatic heterocycles. The molecular weight excluding hydrogens is 286 g/mol. The molecule has 23 heavy (non-hydrogen) atoms. The van der Waals surface area contributed by atoms with Crippen molar-refractivity contribution in [3.05, 3.63) is 65.9 Å². The van der Waals surface area contributed by atoms with Crippen molar-refractivity contribution < 1.29 is 9.53 Å². The smallest absolute Gasteiger partial charge is 0.144 e. The van der Waals surface area contributed by atoms with Crippen LogP contribution in [0.1, 0.15) is 25.0 Å². The molecule has 0 fully saturated rings. The first-order chi connectivity index (χ1) is 11.0. The summed E-state index contributed by atoms with van der Waals surface area (Å²) in [7, 11) is 3.66. The summed E-state index contributed by atoms with van der Waals surface area (Å²) >= 11 is 0. The van der Waals surface area contributed by atoms with Gasteiger partial charge in [0.05, 0.1) is 12.5 Å². The molecule has 1 unspecified atom stereocenters. The average molecular weight is 307 g/mol. The van der Waals surface area contributed by atoms with E-state index in [2.05, 4.69) is 22.9 Å². The number of fused-ring (bicyclic) bond motifs is 1. The number of nitrogens with zero attached hydrogens (tertiary/aromatic N) is 1. The molecule has 0 aliphatic rings. The molecule has 0 aliphatic heterocycles. The van der Waals surface area contributed by atoms with Crippen molar-refractivity contribution in [2.75, 3.05) is 7.11 Å². The zero-order valence-electron chi connectivity index (χ0n) is 14.0. The second-order valence-corrected chi connectivity index (χ2v) is 6.08. The molecule has 118 valence electrons. The second-order valence-electron chi connectivity index (χ2n) is 6.08. The molecule has 1 atom stereocenters. The van der Waals surface area contributed by atoms with Crippen LogP contribution in [0.5, 0.6) is 5.75 Å². The fourth-order valence-electron chi connectivity index (χ4n) is 3.21. The summed E-state index contributed by atoms with van der Waals surface area (Å²) in [6.07, 6.45) is 2.07. The summed E-state index contributed by atoms with van der Waals surface area (Å²) in [5.74, 6) is 0.914. The molecule has 3 heteroatoms. The van der Waals surface area contributed by atoms with Gasteiger partial charge in [0.15, 0.2) is 0 Å². The highest BCUT2D eigenvalue weighted by molar-refractivity contribution is 5.98. The maximum absolute atomic E-state index is 12.6. The molecular formula is C20H21NO2. The van der Waals surface area contributed by atoms with Crippen molar-refractivity contribution in [1.29, 1.82) is 0 Å². The lowest BCUT2D eigenvalue weighted by atomic mass is 9.73. The largest absolute Gasteiger partial charge is 0.497 e. The normalized spacial score (nSPS) is 13.7. The zero-order chi connectivity index (χ0) is 16.6. The van der Waals surface area contributed by atoms with Gasteiger partial charge in [-0.3, -0.25) is 4.79 Å². The molecule has 2 aromatic carbocycles. The summed E-state index contributed by atoms with van der Waals surface area (Å²) in [6.45, 7) is 3.66. The number of aromatic nitrogens is 1. The third kappa shape index (κ3) is 2.33. The first-order valence-corrected chi connectivity index (χ1v) is 7.68. The molecule has 0 radical (unpaired) electrons. The number of carbonyl (C=O) groups excluding carboxylic acids is 1. The predicted octanol–water partition coefficient (Wildman–Crippen LogP) is 4.08. The second kappa shape index (κ2) is 5.58. The number of aryl methyl sites for hydroxylation is 1. The molecule has 3 nitrogen and oxygen atoms in total. The van der Waals surface area contributed by atoms with Gasteiger partial charge in [0, 0.05) is 24.1 Å². The molecule has 0 amide bonds. The summed E-state index contributed by atoms with van der Waals surface area (Å²) in [5.41, 5.74) is 2.45. The van der Waals surface area contributed by atoms with E-state index in [-0.39, 0.29) is 5.78 Å². The standard InChI is InChI=1S/C20H21NO2/c1-14(22)20(2,15-9-11-16(23-4)12-10-15)18-13-21(3)19-8-6-5-7-17(18)19/h5-13H,1-4H3. The molecule has 0 bridgehead atoms. The van der Waals surface area contributed by atoms with Gasteiger partial charge in [-0.2, -0.15) is 0 Å². The Balaban J connectivity index is 2.26. The minimum absolute atomic E-state index is 0.124. The van der Waals surface area contributed by atoms with E-state index >= 15 is 0 Å². The number of hydrogen-bond donors (Lipinski definition) is 0. The Hall–Kier alpha value is -2.55. The number of hydrogen-bond acceptors (Lipinski definition) is 2. The Kier molecular flexibility index (Phi) is 3.72. The van der Waals surface area contributed by atoms with Crippen molar-refractivity contribution >= 4 is 16.7 Å². The lowest BCUT2D eigenvalue weighted by molar-refractivity contribution is -0.120. The van der Waals surface area contributed by atoms with Crippen LogP contribution >= 0.6 is 0 Å². The van der Waals surface area contributed by atoms with Gasteiger partial charge in [-0.1, -0.05) is 30.3 Å². The minimum atomic E-state index is -0.687. The van der Waals surface area contributed by atoms with Gasteiger partial charge in [0.2, 0.25) is 0 Å². The lowest BCUT2D eigenvalue weighted by Crippen LogP contribution is -2.31. The lowest BCUT2D eigenvalue weighted by Gasteiger charge is -2.27. The third-order valence-corrected chi connectivity index (χ3v) is 4.81. The summed E-state index contributed by atoms with van der Waals surface area (Å²) in [5, 5.41) is 1.11. The van der Waals surface area contributed by atoms with Crippen LogP contribution in [0.3, 0.4) is 0 Å². The third-order valence-electron chi connectivity index (χ3n) is 4.81. The van der Waals surface area contributed by atoms with Crippen LogP contribution in [-0.4, -0.2) is 17.5 Å². The van der Waals surface area contributed by atoms with E-state index in [4.69, 9.17) is 4.74 Å². The van der Waals surface area contributed by atoms with E-state index < -0.39 is 5.41 Å². The molecule has 3 aromatic rings. The van der Waals surface area contributed by atoms with Crippen molar-refractivity contribution in [3.63, 3.8) is 0 Å². The topological polar surface area (TPSA) is 31.2 Å². The van der Waals surface area contributed by atoms with Crippen molar-refractivity contribution in [3.8, 4) is 5.75 Å². The molecule has 0 saturated heterocycles. The number of rotatable bonds is 4. The number of ether oxygens (including phenoxy) is 1. The first-order valence-electron chi connectivity index (χ1n) is 7.68. The predicted molar refractivity (Wildman–Crippen MR) is 93.0 cm³/mol. The molecule has 0 N–H and O–H groups in total. The van der Waals surface area contributed by atoms with E-state index in [0.29, 0.717) is 0 Å². The van der Waals surface area contributed by atoms with Crippen molar-refractivity contribution in [2.45, 2.75) is 19.3 Å². The zero-order valence-corrected chi connectivity index (χ0v) is 14.0. The monoisotopic (exact) mass is 307 g/mol. The van der Waals surface area contributed by atoms with E-state index in [0.717, 1.165) is 27.8 Å². The van der Waals surface area contributed by atoms with Gasteiger partial charge in [-0.25, -0.2) is 0 Å². The van der Waals surface area contributed by atoms with Gasteiger partial charge in [-0.15, -0.1) is 0 Å². The van der Waals surface area contributed by atoms with Crippen LogP contribution in [0.2, 0.25) is 0 Å². The SMILES string of the molecule is COc1ccc(C(C)(C(C)=O)c2cn(C)c3ccccc23)cc1. The van der Waals surface area contributed by atoms with Crippen LogP contribution < -0.4 is 4.74 Å². The number of Topliss-reactive ketones (excluding diaryl/α,β-unsaturated/α-hetero) is 1. The number of benzene rings is 2. The highest BCUT2D eigenvalue weighted by atomic mass is 16.5. The van der Waals surface area contributed by atoms with Gasteiger partial charge >= 0.3 is 0 Å². The van der Waals surface area contributed by atoms with Crippen LogP contribution in [0.4, 0.5) is 0 Å². The van der Waals surface area contributed by atoms with Crippen molar-refractivity contribution in [1.82, 2.24) is 4.57 Å². The van der Waals surface area contributed by atoms with Gasteiger partial charge in [0.1, 0.15) is 11.5 Å². The van der Waals surface area contributed by atoms with Crippen molar-refractivity contribution in [2.24, 2.45) is 7.05 Å². The van der Waals surface area contributed by atoms with Crippen LogP contribution in [0, 0.1) is 0 Å². The highest BCUT2D eigenvalue weighted by Gasteiger charge is 2.36.